The first kappa shape index (κ1) is 17.1. The average molecular weight is 357 g/mol. The van der Waals surface area contributed by atoms with Gasteiger partial charge in [0.2, 0.25) is 11.7 Å². The summed E-state index contributed by atoms with van der Waals surface area (Å²) in [5, 5.41) is 12.3. The van der Waals surface area contributed by atoms with Gasteiger partial charge in [0.25, 0.3) is 0 Å². The van der Waals surface area contributed by atoms with Gasteiger partial charge in [-0.1, -0.05) is 20.8 Å². The quantitative estimate of drug-likeness (QED) is 0.847. The van der Waals surface area contributed by atoms with E-state index in [1.807, 2.05) is 4.90 Å². The van der Waals surface area contributed by atoms with Gasteiger partial charge in [0.1, 0.15) is 12.4 Å². The number of hydrogen-bond acceptors (Lipinski definition) is 4. The fourth-order valence-corrected chi connectivity index (χ4v) is 4.99. The number of nitrogens with zero attached hydrogens (tertiary/aromatic N) is 5. The van der Waals surface area contributed by atoms with Gasteiger partial charge in [-0.05, 0) is 59.6 Å². The molecule has 1 aliphatic carbocycles. The summed E-state index contributed by atoms with van der Waals surface area (Å²) in [6.45, 7) is 7.76. The Morgan fingerprint density at radius 2 is 1.96 bits per heavy atom. The van der Waals surface area contributed by atoms with Crippen molar-refractivity contribution in [3.8, 4) is 11.4 Å². The fraction of sp³-hybridized carbons (Fsp3) is 0.579. The maximum Gasteiger partial charge on any atom is 0.246 e. The molecule has 2 aliphatic rings. The van der Waals surface area contributed by atoms with Gasteiger partial charge in [-0.15, -0.1) is 10.2 Å². The first-order valence-electron chi connectivity index (χ1n) is 9.06. The molecule has 2 heterocycles. The van der Waals surface area contributed by atoms with Crippen LogP contribution in [0.15, 0.2) is 24.3 Å². The third-order valence-electron chi connectivity index (χ3n) is 5.57. The SMILES string of the molecule is CC1(C)C[C@@H]2C[C@@](C)(CN2C(=O)Cn2nnc(-c3ccc(F)cc3)n2)C1. The van der Waals surface area contributed by atoms with E-state index in [1.165, 1.54) is 16.9 Å². The summed E-state index contributed by atoms with van der Waals surface area (Å²) in [7, 11) is 0. The van der Waals surface area contributed by atoms with Crippen LogP contribution in [0.4, 0.5) is 4.39 Å². The van der Waals surface area contributed by atoms with E-state index in [1.54, 1.807) is 12.1 Å². The molecule has 2 bridgehead atoms. The van der Waals surface area contributed by atoms with Crippen LogP contribution in [-0.2, 0) is 11.3 Å². The molecule has 2 aromatic rings. The normalized spacial score (nSPS) is 26.9. The first-order chi connectivity index (χ1) is 12.2. The van der Waals surface area contributed by atoms with Gasteiger partial charge < -0.3 is 4.90 Å². The molecule has 1 aromatic carbocycles. The molecule has 138 valence electrons. The van der Waals surface area contributed by atoms with Crippen molar-refractivity contribution in [3.63, 3.8) is 0 Å². The largest absolute Gasteiger partial charge is 0.337 e. The Labute approximate surface area is 152 Å². The smallest absolute Gasteiger partial charge is 0.246 e. The lowest BCUT2D eigenvalue weighted by Crippen LogP contribution is -2.39. The summed E-state index contributed by atoms with van der Waals surface area (Å²) < 4.78 is 13.0. The third kappa shape index (κ3) is 3.22. The molecule has 0 radical (unpaired) electrons. The van der Waals surface area contributed by atoms with Crippen LogP contribution in [0.2, 0.25) is 0 Å². The minimum Gasteiger partial charge on any atom is -0.337 e. The Hall–Kier alpha value is -2.31. The highest BCUT2D eigenvalue weighted by atomic mass is 19.1. The molecule has 4 rings (SSSR count). The molecule has 7 heteroatoms. The molecular formula is C19H24FN5O. The van der Waals surface area contributed by atoms with E-state index in [2.05, 4.69) is 36.2 Å². The topological polar surface area (TPSA) is 63.9 Å². The van der Waals surface area contributed by atoms with E-state index in [-0.39, 0.29) is 29.1 Å². The number of hydrogen-bond donors (Lipinski definition) is 0. The van der Waals surface area contributed by atoms with Crippen molar-refractivity contribution in [3.05, 3.63) is 30.1 Å². The molecule has 1 saturated heterocycles. The number of likely N-dealkylation sites (tertiary alicyclic amines) is 1. The van der Waals surface area contributed by atoms with Crippen molar-refractivity contribution in [2.24, 2.45) is 10.8 Å². The second-order valence-electron chi connectivity index (χ2n) is 8.89. The second-order valence-corrected chi connectivity index (χ2v) is 8.89. The zero-order valence-electron chi connectivity index (χ0n) is 15.4. The van der Waals surface area contributed by atoms with Gasteiger partial charge in [0.05, 0.1) is 0 Å². The lowest BCUT2D eigenvalue weighted by atomic mass is 9.65. The molecule has 0 spiro atoms. The number of rotatable bonds is 3. The van der Waals surface area contributed by atoms with Gasteiger partial charge in [0.15, 0.2) is 0 Å². The summed E-state index contributed by atoms with van der Waals surface area (Å²) >= 11 is 0. The van der Waals surface area contributed by atoms with E-state index in [0.29, 0.717) is 17.4 Å². The highest BCUT2D eigenvalue weighted by molar-refractivity contribution is 5.76. The summed E-state index contributed by atoms with van der Waals surface area (Å²) in [5.41, 5.74) is 1.15. The first-order valence-corrected chi connectivity index (χ1v) is 9.06. The minimum absolute atomic E-state index is 0.0412. The maximum atomic E-state index is 13.0. The molecular weight excluding hydrogens is 333 g/mol. The van der Waals surface area contributed by atoms with Gasteiger partial charge in [0, 0.05) is 18.2 Å². The molecule has 6 nitrogen and oxygen atoms in total. The monoisotopic (exact) mass is 357 g/mol. The van der Waals surface area contributed by atoms with Crippen LogP contribution in [0, 0.1) is 16.6 Å². The Bertz CT molecular complexity index is 831. The van der Waals surface area contributed by atoms with Crippen molar-refractivity contribution >= 4 is 5.91 Å². The minimum atomic E-state index is -0.312. The van der Waals surface area contributed by atoms with Crippen LogP contribution < -0.4 is 0 Å². The summed E-state index contributed by atoms with van der Waals surface area (Å²) in [6, 6.07) is 6.22. The summed E-state index contributed by atoms with van der Waals surface area (Å²) in [5.74, 6) is 0.124. The van der Waals surface area contributed by atoms with Crippen molar-refractivity contribution in [1.29, 1.82) is 0 Å². The van der Waals surface area contributed by atoms with Crippen LogP contribution in [0.25, 0.3) is 11.4 Å². The van der Waals surface area contributed by atoms with Gasteiger partial charge in [-0.25, -0.2) is 4.39 Å². The second kappa shape index (κ2) is 5.86. The Morgan fingerprint density at radius 1 is 1.23 bits per heavy atom. The van der Waals surface area contributed by atoms with Gasteiger partial charge >= 0.3 is 0 Å². The van der Waals surface area contributed by atoms with Crippen molar-refractivity contribution in [1.82, 2.24) is 25.1 Å². The Balaban J connectivity index is 1.47. The molecule has 26 heavy (non-hydrogen) atoms. The number of carbonyl (C=O) groups is 1. The molecule has 0 unspecified atom stereocenters. The lowest BCUT2D eigenvalue weighted by Gasteiger charge is -2.39. The fourth-order valence-electron chi connectivity index (χ4n) is 4.99. The Morgan fingerprint density at radius 3 is 2.69 bits per heavy atom. The lowest BCUT2D eigenvalue weighted by molar-refractivity contribution is -0.133. The van der Waals surface area contributed by atoms with E-state index < -0.39 is 0 Å². The number of fused-ring (bicyclic) bond motifs is 2. The van der Waals surface area contributed by atoms with Gasteiger partial charge in [-0.3, -0.25) is 4.79 Å². The van der Waals surface area contributed by atoms with E-state index in [4.69, 9.17) is 0 Å². The number of aromatic nitrogens is 4. The highest BCUT2D eigenvalue weighted by Crippen LogP contribution is 2.52. The van der Waals surface area contributed by atoms with Crippen LogP contribution in [0.3, 0.4) is 0 Å². The molecule has 0 N–H and O–H groups in total. The molecule has 1 aliphatic heterocycles. The van der Waals surface area contributed by atoms with Crippen molar-refractivity contribution in [2.75, 3.05) is 6.54 Å². The standard InChI is InChI=1S/C19H24FN5O/c1-18(2)8-15-9-19(3,11-18)12-24(15)16(26)10-25-22-17(21-23-25)13-4-6-14(20)7-5-13/h4-7,15H,8-12H2,1-3H3/t15-,19-/m1/s1. The number of carbonyl (C=O) groups excluding carboxylic acids is 1. The third-order valence-corrected chi connectivity index (χ3v) is 5.57. The van der Waals surface area contributed by atoms with Crippen LogP contribution in [-0.4, -0.2) is 43.6 Å². The number of amides is 1. The van der Waals surface area contributed by atoms with E-state index >= 15 is 0 Å². The molecule has 1 aromatic heterocycles. The number of halogens is 1. The zero-order valence-corrected chi connectivity index (χ0v) is 15.4. The Kier molecular flexibility index (Phi) is 3.86. The molecule has 1 amide bonds. The molecule has 2 atom stereocenters. The molecule has 1 saturated carbocycles. The predicted octanol–water partition coefficient (Wildman–Crippen LogP) is 2.91. The van der Waals surface area contributed by atoms with Gasteiger partial charge in [-0.2, -0.15) is 4.80 Å². The van der Waals surface area contributed by atoms with E-state index in [9.17, 15) is 9.18 Å². The van der Waals surface area contributed by atoms with Crippen LogP contribution in [0.1, 0.15) is 40.0 Å². The van der Waals surface area contributed by atoms with Crippen LogP contribution in [0.5, 0.6) is 0 Å². The van der Waals surface area contributed by atoms with E-state index in [0.717, 1.165) is 25.8 Å². The predicted molar refractivity (Wildman–Crippen MR) is 94.5 cm³/mol. The van der Waals surface area contributed by atoms with Crippen molar-refractivity contribution in [2.45, 2.75) is 52.6 Å². The zero-order chi connectivity index (χ0) is 18.5. The van der Waals surface area contributed by atoms with Crippen molar-refractivity contribution < 1.29 is 9.18 Å². The average Bonchev–Trinajstić information content (AvgIpc) is 3.09. The molecule has 2 fully saturated rings. The summed E-state index contributed by atoms with van der Waals surface area (Å²) in [4.78, 5) is 16.2. The maximum absolute atomic E-state index is 13.0. The number of tetrazole rings is 1. The highest BCUT2D eigenvalue weighted by Gasteiger charge is 2.50. The summed E-state index contributed by atoms with van der Waals surface area (Å²) in [6.07, 6.45) is 3.27. The van der Waals surface area contributed by atoms with Crippen LogP contribution >= 0.6 is 0 Å². The number of benzene rings is 1.